The van der Waals surface area contributed by atoms with Crippen molar-refractivity contribution in [3.05, 3.63) is 35.4 Å². The lowest BCUT2D eigenvalue weighted by atomic mass is 9.75. The first-order valence-corrected chi connectivity index (χ1v) is 7.82. The van der Waals surface area contributed by atoms with Gasteiger partial charge in [-0.15, -0.1) is 0 Å². The molecule has 0 fully saturated rings. The van der Waals surface area contributed by atoms with Crippen LogP contribution in [0, 0.1) is 11.3 Å². The predicted octanol–water partition coefficient (Wildman–Crippen LogP) is 4.73. The van der Waals surface area contributed by atoms with Crippen molar-refractivity contribution >= 4 is 0 Å². The van der Waals surface area contributed by atoms with Crippen LogP contribution >= 0.6 is 0 Å². The Bertz CT molecular complexity index is 402. The second-order valence-electron chi connectivity index (χ2n) is 7.13. The zero-order chi connectivity index (χ0) is 13.9. The van der Waals surface area contributed by atoms with Crippen LogP contribution in [0.3, 0.4) is 0 Å². The van der Waals surface area contributed by atoms with E-state index >= 15 is 0 Å². The van der Waals surface area contributed by atoms with E-state index in [0.717, 1.165) is 12.5 Å². The van der Waals surface area contributed by atoms with E-state index in [2.05, 4.69) is 57.3 Å². The Hall–Kier alpha value is -0.820. The van der Waals surface area contributed by atoms with E-state index in [-0.39, 0.29) is 0 Å². The molecule has 1 aromatic rings. The van der Waals surface area contributed by atoms with Gasteiger partial charge in [0.05, 0.1) is 0 Å². The van der Waals surface area contributed by atoms with Gasteiger partial charge < -0.3 is 5.32 Å². The molecule has 0 aliphatic heterocycles. The molecule has 0 bridgehead atoms. The summed E-state index contributed by atoms with van der Waals surface area (Å²) in [5, 5.41) is 3.73. The first-order valence-electron chi connectivity index (χ1n) is 7.82. The van der Waals surface area contributed by atoms with Crippen molar-refractivity contribution in [1.29, 1.82) is 0 Å². The standard InChI is InChI=1S/C18H29N/c1-5-19-17-15(12-13-18(2,3)4)11-10-14-8-6-7-9-16(14)17/h6-9,15,17,19H,5,10-13H2,1-4H3. The number of hydrogen-bond donors (Lipinski definition) is 1. The molecular formula is C18H29N. The molecule has 2 unspecified atom stereocenters. The van der Waals surface area contributed by atoms with Gasteiger partial charge >= 0.3 is 0 Å². The molecule has 1 aromatic carbocycles. The van der Waals surface area contributed by atoms with Crippen LogP contribution in [0.1, 0.15) is 64.1 Å². The smallest absolute Gasteiger partial charge is 0.0351 e. The number of rotatable bonds is 4. The molecule has 0 amide bonds. The molecule has 0 aromatic heterocycles. The lowest BCUT2D eigenvalue weighted by Gasteiger charge is -2.35. The normalized spacial score (nSPS) is 23.2. The van der Waals surface area contributed by atoms with E-state index in [4.69, 9.17) is 0 Å². The Balaban J connectivity index is 2.12. The molecule has 0 radical (unpaired) electrons. The molecule has 1 aliphatic carbocycles. The highest BCUT2D eigenvalue weighted by Crippen LogP contribution is 2.38. The van der Waals surface area contributed by atoms with Gasteiger partial charge in [-0.25, -0.2) is 0 Å². The molecule has 0 heterocycles. The van der Waals surface area contributed by atoms with Crippen LogP contribution in [-0.2, 0) is 6.42 Å². The van der Waals surface area contributed by atoms with Crippen LogP contribution < -0.4 is 5.32 Å². The van der Waals surface area contributed by atoms with Crippen molar-refractivity contribution in [3.8, 4) is 0 Å². The third-order valence-electron chi connectivity index (χ3n) is 4.34. The fourth-order valence-electron chi connectivity index (χ4n) is 3.25. The Kier molecular flexibility index (Phi) is 4.67. The topological polar surface area (TPSA) is 12.0 Å². The molecule has 2 atom stereocenters. The third-order valence-corrected chi connectivity index (χ3v) is 4.34. The number of fused-ring (bicyclic) bond motifs is 1. The molecule has 1 aliphatic rings. The largest absolute Gasteiger partial charge is 0.310 e. The summed E-state index contributed by atoms with van der Waals surface area (Å²) in [6.07, 6.45) is 5.26. The minimum atomic E-state index is 0.452. The quantitative estimate of drug-likeness (QED) is 0.824. The van der Waals surface area contributed by atoms with Crippen molar-refractivity contribution in [2.45, 2.75) is 59.4 Å². The lowest BCUT2D eigenvalue weighted by Crippen LogP contribution is -2.33. The van der Waals surface area contributed by atoms with Gasteiger partial charge in [-0.2, -0.15) is 0 Å². The maximum atomic E-state index is 3.73. The Morgan fingerprint density at radius 1 is 1.21 bits per heavy atom. The molecule has 0 saturated heterocycles. The zero-order valence-corrected chi connectivity index (χ0v) is 13.0. The molecule has 2 rings (SSSR count). The number of hydrogen-bond acceptors (Lipinski definition) is 1. The Morgan fingerprint density at radius 2 is 1.95 bits per heavy atom. The summed E-state index contributed by atoms with van der Waals surface area (Å²) in [4.78, 5) is 0. The van der Waals surface area contributed by atoms with Gasteiger partial charge in [-0.3, -0.25) is 0 Å². The van der Waals surface area contributed by atoms with E-state index < -0.39 is 0 Å². The molecule has 19 heavy (non-hydrogen) atoms. The van der Waals surface area contributed by atoms with Gasteiger partial charge in [0, 0.05) is 6.04 Å². The molecular weight excluding hydrogens is 230 g/mol. The van der Waals surface area contributed by atoms with Crippen molar-refractivity contribution < 1.29 is 0 Å². The van der Waals surface area contributed by atoms with Gasteiger partial charge in [0.25, 0.3) is 0 Å². The van der Waals surface area contributed by atoms with Crippen molar-refractivity contribution in [2.75, 3.05) is 6.54 Å². The molecule has 1 nitrogen and oxygen atoms in total. The Labute approximate surface area is 118 Å². The highest BCUT2D eigenvalue weighted by atomic mass is 14.9. The molecule has 1 N–H and O–H groups in total. The van der Waals surface area contributed by atoms with Crippen LogP contribution in [0.5, 0.6) is 0 Å². The minimum absolute atomic E-state index is 0.452. The highest BCUT2D eigenvalue weighted by Gasteiger charge is 2.29. The second kappa shape index (κ2) is 6.09. The van der Waals surface area contributed by atoms with E-state index in [1.165, 1.54) is 25.7 Å². The second-order valence-corrected chi connectivity index (χ2v) is 7.13. The maximum Gasteiger partial charge on any atom is 0.0351 e. The number of aryl methyl sites for hydroxylation is 1. The van der Waals surface area contributed by atoms with Gasteiger partial charge in [-0.05, 0) is 54.7 Å². The van der Waals surface area contributed by atoms with Crippen LogP contribution in [0.4, 0.5) is 0 Å². The van der Waals surface area contributed by atoms with Crippen LogP contribution in [0.2, 0.25) is 0 Å². The average Bonchev–Trinajstić information content (AvgIpc) is 2.37. The Morgan fingerprint density at radius 3 is 2.63 bits per heavy atom. The van der Waals surface area contributed by atoms with Crippen LogP contribution in [0.25, 0.3) is 0 Å². The van der Waals surface area contributed by atoms with E-state index in [0.29, 0.717) is 11.5 Å². The first kappa shape index (κ1) is 14.6. The minimum Gasteiger partial charge on any atom is -0.310 e. The number of benzene rings is 1. The molecule has 0 spiro atoms. The average molecular weight is 259 g/mol. The lowest BCUT2D eigenvalue weighted by molar-refractivity contribution is 0.254. The van der Waals surface area contributed by atoms with Gasteiger partial charge in [0.1, 0.15) is 0 Å². The van der Waals surface area contributed by atoms with Crippen LogP contribution in [-0.4, -0.2) is 6.54 Å². The van der Waals surface area contributed by atoms with E-state index in [1.807, 2.05) is 0 Å². The summed E-state index contributed by atoms with van der Waals surface area (Å²) >= 11 is 0. The summed E-state index contributed by atoms with van der Waals surface area (Å²) in [6, 6.07) is 9.57. The fourth-order valence-corrected chi connectivity index (χ4v) is 3.25. The first-order chi connectivity index (χ1) is 9.01. The zero-order valence-electron chi connectivity index (χ0n) is 13.0. The van der Waals surface area contributed by atoms with Crippen molar-refractivity contribution in [3.63, 3.8) is 0 Å². The van der Waals surface area contributed by atoms with Gasteiger partial charge in [-0.1, -0.05) is 52.0 Å². The summed E-state index contributed by atoms with van der Waals surface area (Å²) < 4.78 is 0. The van der Waals surface area contributed by atoms with Crippen molar-refractivity contribution in [1.82, 2.24) is 5.32 Å². The third kappa shape index (κ3) is 3.82. The van der Waals surface area contributed by atoms with E-state index in [9.17, 15) is 0 Å². The summed E-state index contributed by atoms with van der Waals surface area (Å²) in [6.45, 7) is 10.3. The van der Waals surface area contributed by atoms with Crippen molar-refractivity contribution in [2.24, 2.45) is 11.3 Å². The summed E-state index contributed by atoms with van der Waals surface area (Å²) in [5.41, 5.74) is 3.56. The molecule has 106 valence electrons. The highest BCUT2D eigenvalue weighted by molar-refractivity contribution is 5.33. The monoisotopic (exact) mass is 259 g/mol. The number of nitrogens with one attached hydrogen (secondary N) is 1. The molecule has 1 heteroatoms. The van der Waals surface area contributed by atoms with Gasteiger partial charge in [0.15, 0.2) is 0 Å². The van der Waals surface area contributed by atoms with Gasteiger partial charge in [0.2, 0.25) is 0 Å². The maximum absolute atomic E-state index is 3.73. The predicted molar refractivity (Wildman–Crippen MR) is 83.4 cm³/mol. The summed E-state index contributed by atoms with van der Waals surface area (Å²) in [5.74, 6) is 0.800. The molecule has 0 saturated carbocycles. The SMILES string of the molecule is CCNC1c2ccccc2CCC1CCC(C)(C)C. The van der Waals surface area contributed by atoms with Crippen LogP contribution in [0.15, 0.2) is 24.3 Å². The van der Waals surface area contributed by atoms with E-state index in [1.54, 1.807) is 11.1 Å². The fraction of sp³-hybridized carbons (Fsp3) is 0.667. The summed E-state index contributed by atoms with van der Waals surface area (Å²) in [7, 11) is 0.